The van der Waals surface area contributed by atoms with Crippen LogP contribution in [0.1, 0.15) is 23.2 Å². The van der Waals surface area contributed by atoms with Crippen LogP contribution in [0.15, 0.2) is 34.6 Å². The highest BCUT2D eigenvalue weighted by Crippen LogP contribution is 2.29. The summed E-state index contributed by atoms with van der Waals surface area (Å²) in [5.74, 6) is 0.487. The average molecular weight is 377 g/mol. The number of guanidine groups is 1. The first-order valence-electron chi connectivity index (χ1n) is 7.17. The van der Waals surface area contributed by atoms with Crippen LogP contribution in [0.3, 0.4) is 0 Å². The molecule has 0 spiro atoms. The van der Waals surface area contributed by atoms with Crippen LogP contribution in [0, 0.1) is 0 Å². The van der Waals surface area contributed by atoms with E-state index in [0.717, 1.165) is 22.3 Å². The number of nitrogens with zero attached hydrogens (tertiary/aromatic N) is 2. The second-order valence-electron chi connectivity index (χ2n) is 4.76. The molecule has 0 saturated heterocycles. The van der Waals surface area contributed by atoms with Gasteiger partial charge in [0.15, 0.2) is 11.7 Å². The third-order valence-electron chi connectivity index (χ3n) is 2.96. The maximum atomic E-state index is 12.5. The quantitative estimate of drug-likeness (QED) is 0.611. The molecule has 0 aliphatic heterocycles. The van der Waals surface area contributed by atoms with Crippen molar-refractivity contribution in [2.75, 3.05) is 6.54 Å². The van der Waals surface area contributed by atoms with Crippen molar-refractivity contribution in [2.45, 2.75) is 26.2 Å². The van der Waals surface area contributed by atoms with Crippen molar-refractivity contribution < 1.29 is 13.2 Å². The van der Waals surface area contributed by atoms with Crippen LogP contribution in [-0.4, -0.2) is 17.5 Å². The van der Waals surface area contributed by atoms with Gasteiger partial charge in [0.1, 0.15) is 5.01 Å². The van der Waals surface area contributed by atoms with Gasteiger partial charge in [-0.25, -0.2) is 9.98 Å². The fraction of sp³-hybridized carbons (Fsp3) is 0.333. The van der Waals surface area contributed by atoms with Gasteiger partial charge in [0, 0.05) is 16.9 Å². The predicted molar refractivity (Wildman–Crippen MR) is 90.2 cm³/mol. The molecule has 130 valence electrons. The van der Waals surface area contributed by atoms with Crippen molar-refractivity contribution in [1.82, 2.24) is 15.6 Å². The molecule has 0 atom stereocenters. The number of aliphatic imine (C=N–C) groups is 1. The Morgan fingerprint density at radius 2 is 2.04 bits per heavy atom. The minimum Gasteiger partial charge on any atom is -0.357 e. The third kappa shape index (κ3) is 5.38. The maximum Gasteiger partial charge on any atom is 0.434 e. The van der Waals surface area contributed by atoms with Gasteiger partial charge in [0.25, 0.3) is 0 Å². The lowest BCUT2D eigenvalue weighted by Gasteiger charge is -2.10. The standard InChI is InChI=1S/C15H16ClF3N4S/c1-2-20-14(21-7-10-5-3-4-6-11(10)16)22-8-13-23-12(9-24-13)15(17,18)19/h3-6,9H,2,7-8H2,1H3,(H2,20,21,22). The van der Waals surface area contributed by atoms with Gasteiger partial charge in [0.2, 0.25) is 0 Å². The summed E-state index contributed by atoms with van der Waals surface area (Å²) < 4.78 is 37.6. The summed E-state index contributed by atoms with van der Waals surface area (Å²) in [6, 6.07) is 7.35. The highest BCUT2D eigenvalue weighted by atomic mass is 35.5. The number of thiazole rings is 1. The van der Waals surface area contributed by atoms with Crippen molar-refractivity contribution >= 4 is 28.9 Å². The number of rotatable bonds is 5. The van der Waals surface area contributed by atoms with Crippen molar-refractivity contribution in [1.29, 1.82) is 0 Å². The third-order valence-corrected chi connectivity index (χ3v) is 4.18. The number of halogens is 4. The summed E-state index contributed by atoms with van der Waals surface area (Å²) >= 11 is 7.03. The van der Waals surface area contributed by atoms with E-state index in [9.17, 15) is 13.2 Å². The largest absolute Gasteiger partial charge is 0.434 e. The average Bonchev–Trinajstić information content (AvgIpc) is 3.00. The molecule has 1 aromatic heterocycles. The minimum absolute atomic E-state index is 0.162. The van der Waals surface area contributed by atoms with Gasteiger partial charge >= 0.3 is 6.18 Å². The van der Waals surface area contributed by atoms with Crippen molar-refractivity contribution in [3.05, 3.63) is 50.9 Å². The summed E-state index contributed by atoms with van der Waals surface area (Å²) in [6.07, 6.45) is -4.42. The number of nitrogens with one attached hydrogen (secondary N) is 2. The second kappa shape index (κ2) is 8.34. The molecule has 0 aliphatic rings. The van der Waals surface area contributed by atoms with Gasteiger partial charge in [-0.3, -0.25) is 0 Å². The van der Waals surface area contributed by atoms with Gasteiger partial charge in [-0.2, -0.15) is 13.2 Å². The zero-order valence-corrected chi connectivity index (χ0v) is 14.4. The Morgan fingerprint density at radius 1 is 1.29 bits per heavy atom. The number of aromatic nitrogens is 1. The first kappa shape index (κ1) is 18.5. The predicted octanol–water partition coefficient (Wildman–Crippen LogP) is 4.07. The molecule has 0 amide bonds. The monoisotopic (exact) mass is 376 g/mol. The molecule has 2 aromatic rings. The Labute approximate surface area is 146 Å². The second-order valence-corrected chi connectivity index (χ2v) is 6.11. The van der Waals surface area contributed by atoms with E-state index >= 15 is 0 Å². The SMILES string of the molecule is CCNC(=NCc1ccccc1Cl)NCc1nc(C(F)(F)F)cs1. The summed E-state index contributed by atoms with van der Waals surface area (Å²) in [4.78, 5) is 7.95. The maximum absolute atomic E-state index is 12.5. The number of benzene rings is 1. The van der Waals surface area contributed by atoms with Crippen molar-refractivity contribution in [3.63, 3.8) is 0 Å². The lowest BCUT2D eigenvalue weighted by atomic mass is 10.2. The van der Waals surface area contributed by atoms with Crippen LogP contribution < -0.4 is 10.6 Å². The first-order valence-corrected chi connectivity index (χ1v) is 8.43. The van der Waals surface area contributed by atoms with Crippen LogP contribution in [0.4, 0.5) is 13.2 Å². The van der Waals surface area contributed by atoms with Crippen LogP contribution in [0.5, 0.6) is 0 Å². The van der Waals surface area contributed by atoms with Gasteiger partial charge in [-0.1, -0.05) is 29.8 Å². The van der Waals surface area contributed by atoms with E-state index in [-0.39, 0.29) is 6.54 Å². The molecule has 4 nitrogen and oxygen atoms in total. The Kier molecular flexibility index (Phi) is 6.44. The topological polar surface area (TPSA) is 49.3 Å². The molecule has 0 aliphatic carbocycles. The van der Waals surface area contributed by atoms with E-state index in [2.05, 4.69) is 20.6 Å². The molecule has 0 unspecified atom stereocenters. The Hall–Kier alpha value is -1.80. The lowest BCUT2D eigenvalue weighted by molar-refractivity contribution is -0.140. The summed E-state index contributed by atoms with van der Waals surface area (Å²) in [5.41, 5.74) is -0.00715. The number of hydrogen-bond acceptors (Lipinski definition) is 3. The van der Waals surface area contributed by atoms with E-state index in [1.165, 1.54) is 0 Å². The van der Waals surface area contributed by atoms with Crippen LogP contribution in [0.25, 0.3) is 0 Å². The van der Waals surface area contributed by atoms with Crippen LogP contribution >= 0.6 is 22.9 Å². The molecule has 0 radical (unpaired) electrons. The molecular weight excluding hydrogens is 361 g/mol. The lowest BCUT2D eigenvalue weighted by Crippen LogP contribution is -2.36. The van der Waals surface area contributed by atoms with Gasteiger partial charge in [-0.05, 0) is 18.6 Å². The Morgan fingerprint density at radius 3 is 2.67 bits per heavy atom. The molecule has 2 N–H and O–H groups in total. The molecule has 0 fully saturated rings. The normalized spacial score (nSPS) is 12.3. The smallest absolute Gasteiger partial charge is 0.357 e. The van der Waals surface area contributed by atoms with Crippen LogP contribution in [0.2, 0.25) is 5.02 Å². The van der Waals surface area contributed by atoms with Crippen LogP contribution in [-0.2, 0) is 19.3 Å². The van der Waals surface area contributed by atoms with E-state index in [4.69, 9.17) is 11.6 Å². The Balaban J connectivity index is 1.99. The van der Waals surface area contributed by atoms with Gasteiger partial charge < -0.3 is 10.6 Å². The van der Waals surface area contributed by atoms with Gasteiger partial charge in [0.05, 0.1) is 13.1 Å². The first-order chi connectivity index (χ1) is 11.4. The van der Waals surface area contributed by atoms with Crippen molar-refractivity contribution in [2.24, 2.45) is 4.99 Å². The molecule has 1 heterocycles. The highest BCUT2D eigenvalue weighted by Gasteiger charge is 2.33. The fourth-order valence-corrected chi connectivity index (χ4v) is 2.75. The summed E-state index contributed by atoms with van der Waals surface area (Å²) in [6.45, 7) is 3.05. The van der Waals surface area contributed by atoms with Crippen molar-refractivity contribution in [3.8, 4) is 0 Å². The molecule has 0 saturated carbocycles. The van der Waals surface area contributed by atoms with E-state index in [1.807, 2.05) is 25.1 Å². The van der Waals surface area contributed by atoms with Gasteiger partial charge in [-0.15, -0.1) is 11.3 Å². The molecule has 1 aromatic carbocycles. The molecule has 0 bridgehead atoms. The highest BCUT2D eigenvalue weighted by molar-refractivity contribution is 7.09. The number of hydrogen-bond donors (Lipinski definition) is 2. The zero-order valence-electron chi connectivity index (χ0n) is 12.8. The molecule has 2 rings (SSSR count). The molecule has 24 heavy (non-hydrogen) atoms. The summed E-state index contributed by atoms with van der Waals surface area (Å²) in [7, 11) is 0. The molecule has 9 heteroatoms. The number of alkyl halides is 3. The zero-order chi connectivity index (χ0) is 17.6. The Bertz CT molecular complexity index is 700. The molecular formula is C15H16ClF3N4S. The minimum atomic E-state index is -4.42. The summed E-state index contributed by atoms with van der Waals surface area (Å²) in [5, 5.41) is 7.96. The fourth-order valence-electron chi connectivity index (χ4n) is 1.81. The van der Waals surface area contributed by atoms with E-state index in [0.29, 0.717) is 29.1 Å². The van der Waals surface area contributed by atoms with E-state index in [1.54, 1.807) is 6.07 Å². The van der Waals surface area contributed by atoms with E-state index < -0.39 is 11.9 Å².